The molecule has 3 heterocycles. The molecule has 124 valence electrons. The highest BCUT2D eigenvalue weighted by Crippen LogP contribution is 2.17. The van der Waals surface area contributed by atoms with E-state index in [0.717, 1.165) is 44.2 Å². The van der Waals surface area contributed by atoms with Gasteiger partial charge >= 0.3 is 6.03 Å². The number of carbonyl (C=O) groups excluding carboxylic acids is 1. The summed E-state index contributed by atoms with van der Waals surface area (Å²) in [5.41, 5.74) is 0. The molecule has 1 aliphatic rings. The van der Waals surface area contributed by atoms with Crippen molar-refractivity contribution in [2.45, 2.75) is 26.4 Å². The van der Waals surface area contributed by atoms with E-state index in [9.17, 15) is 4.79 Å². The first-order chi connectivity index (χ1) is 11.1. The van der Waals surface area contributed by atoms with E-state index in [1.165, 1.54) is 4.88 Å². The summed E-state index contributed by atoms with van der Waals surface area (Å²) in [5.74, 6) is 1.66. The molecule has 0 aliphatic carbocycles. The number of carbonyl (C=O) groups is 1. The van der Waals surface area contributed by atoms with E-state index >= 15 is 0 Å². The van der Waals surface area contributed by atoms with Crippen molar-refractivity contribution in [3.05, 3.63) is 46.0 Å². The number of thiophene rings is 1. The normalized spacial score (nSPS) is 17.2. The van der Waals surface area contributed by atoms with Gasteiger partial charge in [0.2, 0.25) is 0 Å². The zero-order chi connectivity index (χ0) is 16.2. The Hall–Kier alpha value is -1.79. The van der Waals surface area contributed by atoms with Crippen molar-refractivity contribution in [2.75, 3.05) is 26.2 Å². The summed E-state index contributed by atoms with van der Waals surface area (Å²) < 4.78 is 5.57. The van der Waals surface area contributed by atoms with Crippen LogP contribution < -0.4 is 5.32 Å². The predicted molar refractivity (Wildman–Crippen MR) is 91.6 cm³/mol. The van der Waals surface area contributed by atoms with Crippen LogP contribution in [-0.2, 0) is 6.54 Å². The van der Waals surface area contributed by atoms with E-state index in [4.69, 9.17) is 4.42 Å². The lowest BCUT2D eigenvalue weighted by molar-refractivity contribution is 0.133. The van der Waals surface area contributed by atoms with Crippen LogP contribution in [0.5, 0.6) is 0 Å². The Bertz CT molecular complexity index is 630. The summed E-state index contributed by atoms with van der Waals surface area (Å²) >= 11 is 1.79. The highest BCUT2D eigenvalue weighted by Gasteiger charge is 2.23. The molecule has 0 bridgehead atoms. The number of hydrogen-bond donors (Lipinski definition) is 1. The van der Waals surface area contributed by atoms with Crippen LogP contribution in [0.3, 0.4) is 0 Å². The Morgan fingerprint density at radius 2 is 2.09 bits per heavy atom. The zero-order valence-electron chi connectivity index (χ0n) is 13.6. The van der Waals surface area contributed by atoms with Crippen LogP contribution in [-0.4, -0.2) is 42.0 Å². The number of piperazine rings is 1. The molecule has 1 saturated heterocycles. The van der Waals surface area contributed by atoms with Crippen LogP contribution in [0.25, 0.3) is 0 Å². The maximum Gasteiger partial charge on any atom is 0.318 e. The van der Waals surface area contributed by atoms with Crippen molar-refractivity contribution < 1.29 is 9.21 Å². The third-order valence-corrected chi connectivity index (χ3v) is 5.01. The number of urea groups is 1. The number of rotatable bonds is 4. The van der Waals surface area contributed by atoms with Gasteiger partial charge in [-0.2, -0.15) is 0 Å². The van der Waals surface area contributed by atoms with Gasteiger partial charge in [-0.1, -0.05) is 6.07 Å². The number of aryl methyl sites for hydroxylation is 1. The average molecular weight is 333 g/mol. The highest BCUT2D eigenvalue weighted by molar-refractivity contribution is 7.09. The van der Waals surface area contributed by atoms with Crippen LogP contribution in [0.4, 0.5) is 4.79 Å². The fraction of sp³-hybridized carbons (Fsp3) is 0.471. The van der Waals surface area contributed by atoms with Gasteiger partial charge in [-0.25, -0.2) is 4.79 Å². The Morgan fingerprint density at radius 1 is 1.30 bits per heavy atom. The van der Waals surface area contributed by atoms with Gasteiger partial charge in [0.25, 0.3) is 0 Å². The molecule has 0 aromatic carbocycles. The van der Waals surface area contributed by atoms with Crippen molar-refractivity contribution in [1.82, 2.24) is 15.1 Å². The standard InChI is InChI=1S/C17H23N3O2S/c1-13-5-6-16(22-13)14(2)18-17(21)20-9-7-19(8-10-20)12-15-4-3-11-23-15/h3-6,11,14H,7-10,12H2,1-2H3,(H,18,21)/t14-/m0/s1. The second-order valence-corrected chi connectivity index (χ2v) is 6.99. The summed E-state index contributed by atoms with van der Waals surface area (Å²) in [6.45, 7) is 8.20. The lowest BCUT2D eigenvalue weighted by atomic mass is 10.2. The summed E-state index contributed by atoms with van der Waals surface area (Å²) in [7, 11) is 0. The highest BCUT2D eigenvalue weighted by atomic mass is 32.1. The number of nitrogens with one attached hydrogen (secondary N) is 1. The Morgan fingerprint density at radius 3 is 2.70 bits per heavy atom. The first-order valence-electron chi connectivity index (χ1n) is 7.98. The molecule has 2 amide bonds. The minimum Gasteiger partial charge on any atom is -0.464 e. The Labute approximate surface area is 140 Å². The fourth-order valence-electron chi connectivity index (χ4n) is 2.77. The van der Waals surface area contributed by atoms with Gasteiger partial charge in [-0.15, -0.1) is 11.3 Å². The van der Waals surface area contributed by atoms with Crippen molar-refractivity contribution >= 4 is 17.4 Å². The van der Waals surface area contributed by atoms with Gasteiger partial charge < -0.3 is 14.6 Å². The van der Waals surface area contributed by atoms with E-state index in [-0.39, 0.29) is 12.1 Å². The molecule has 0 unspecified atom stereocenters. The van der Waals surface area contributed by atoms with Gasteiger partial charge in [-0.05, 0) is 37.4 Å². The molecule has 6 heteroatoms. The maximum atomic E-state index is 12.4. The van der Waals surface area contributed by atoms with Gasteiger partial charge in [0.05, 0.1) is 6.04 Å². The lowest BCUT2D eigenvalue weighted by Crippen LogP contribution is -2.51. The smallest absolute Gasteiger partial charge is 0.318 e. The first kappa shape index (κ1) is 16.1. The molecule has 0 spiro atoms. The quantitative estimate of drug-likeness (QED) is 0.934. The Balaban J connectivity index is 1.46. The monoisotopic (exact) mass is 333 g/mol. The summed E-state index contributed by atoms with van der Waals surface area (Å²) in [6, 6.07) is 7.96. The molecule has 2 aromatic rings. The molecule has 3 rings (SSSR count). The average Bonchev–Trinajstić information content (AvgIpc) is 3.19. The summed E-state index contributed by atoms with van der Waals surface area (Å²) in [4.78, 5) is 18.0. The summed E-state index contributed by atoms with van der Waals surface area (Å²) in [6.07, 6.45) is 0. The second kappa shape index (κ2) is 7.19. The molecule has 2 aromatic heterocycles. The van der Waals surface area contributed by atoms with E-state index in [2.05, 4.69) is 27.7 Å². The van der Waals surface area contributed by atoms with E-state index in [0.29, 0.717) is 0 Å². The molecule has 1 aliphatic heterocycles. The number of amides is 2. The van der Waals surface area contributed by atoms with Crippen molar-refractivity contribution in [2.24, 2.45) is 0 Å². The third kappa shape index (κ3) is 4.14. The zero-order valence-corrected chi connectivity index (χ0v) is 14.4. The van der Waals surface area contributed by atoms with E-state index < -0.39 is 0 Å². The second-order valence-electron chi connectivity index (χ2n) is 5.96. The van der Waals surface area contributed by atoms with Crippen molar-refractivity contribution in [3.63, 3.8) is 0 Å². The van der Waals surface area contributed by atoms with E-state index in [1.54, 1.807) is 11.3 Å². The molecule has 5 nitrogen and oxygen atoms in total. The Kier molecular flexibility index (Phi) is 5.03. The van der Waals surface area contributed by atoms with Crippen LogP contribution in [0, 0.1) is 6.92 Å². The number of hydrogen-bond acceptors (Lipinski definition) is 4. The van der Waals surface area contributed by atoms with Crippen molar-refractivity contribution in [1.29, 1.82) is 0 Å². The minimum absolute atomic E-state index is 0.0117. The van der Waals surface area contributed by atoms with Crippen LogP contribution in [0.2, 0.25) is 0 Å². The molecule has 23 heavy (non-hydrogen) atoms. The largest absolute Gasteiger partial charge is 0.464 e. The third-order valence-electron chi connectivity index (χ3n) is 4.15. The first-order valence-corrected chi connectivity index (χ1v) is 8.86. The van der Waals surface area contributed by atoms with Crippen LogP contribution >= 0.6 is 11.3 Å². The van der Waals surface area contributed by atoms with Crippen LogP contribution in [0.15, 0.2) is 34.1 Å². The van der Waals surface area contributed by atoms with Crippen LogP contribution in [0.1, 0.15) is 29.4 Å². The molecule has 1 N–H and O–H groups in total. The topological polar surface area (TPSA) is 48.7 Å². The molecule has 0 saturated carbocycles. The SMILES string of the molecule is Cc1ccc([C@H](C)NC(=O)N2CCN(Cc3cccs3)CC2)o1. The maximum absolute atomic E-state index is 12.4. The fourth-order valence-corrected chi connectivity index (χ4v) is 3.51. The molecule has 1 atom stereocenters. The minimum atomic E-state index is -0.111. The number of furan rings is 1. The summed E-state index contributed by atoms with van der Waals surface area (Å²) in [5, 5.41) is 5.12. The van der Waals surface area contributed by atoms with Gasteiger partial charge in [0.1, 0.15) is 11.5 Å². The van der Waals surface area contributed by atoms with Gasteiger partial charge in [0, 0.05) is 37.6 Å². The lowest BCUT2D eigenvalue weighted by Gasteiger charge is -2.34. The van der Waals surface area contributed by atoms with Gasteiger partial charge in [0.15, 0.2) is 0 Å². The molecular weight excluding hydrogens is 310 g/mol. The molecular formula is C17H23N3O2S. The van der Waals surface area contributed by atoms with Crippen molar-refractivity contribution in [3.8, 4) is 0 Å². The predicted octanol–water partition coefficient (Wildman–Crippen LogP) is 3.24. The van der Waals surface area contributed by atoms with E-state index in [1.807, 2.05) is 30.9 Å². The van der Waals surface area contributed by atoms with Gasteiger partial charge in [-0.3, -0.25) is 4.90 Å². The molecule has 1 fully saturated rings. The molecule has 0 radical (unpaired) electrons. The number of nitrogens with zero attached hydrogens (tertiary/aromatic N) is 2.